The Labute approximate surface area is 88.1 Å². The van der Waals surface area contributed by atoms with Gasteiger partial charge in [-0.2, -0.15) is 0 Å². The molecular weight excluding hydrogens is 250 g/mol. The molecule has 1 aromatic carbocycles. The van der Waals surface area contributed by atoms with Crippen LogP contribution >= 0.6 is 27.3 Å². The topological polar surface area (TPSA) is 46.2 Å². The van der Waals surface area contributed by atoms with Gasteiger partial charge in [-0.25, -0.2) is 0 Å². The second kappa shape index (κ2) is 3.29. The Morgan fingerprint density at radius 3 is 2.85 bits per heavy atom. The summed E-state index contributed by atoms with van der Waals surface area (Å²) in [6, 6.07) is 5.86. The maximum atomic E-state index is 9.03. The SMILES string of the molecule is Nc1cc2cc(CO)c(Br)cc2s1. The fraction of sp³-hybridized carbons (Fsp3) is 0.111. The van der Waals surface area contributed by atoms with Crippen LogP contribution in [0, 0.1) is 0 Å². The fourth-order valence-electron chi connectivity index (χ4n) is 1.25. The third-order valence-electron chi connectivity index (χ3n) is 1.87. The van der Waals surface area contributed by atoms with Crippen molar-refractivity contribution in [2.75, 3.05) is 5.73 Å². The quantitative estimate of drug-likeness (QED) is 0.826. The molecule has 0 aliphatic carbocycles. The van der Waals surface area contributed by atoms with Gasteiger partial charge in [-0.05, 0) is 29.1 Å². The molecule has 68 valence electrons. The minimum Gasteiger partial charge on any atom is -0.392 e. The van der Waals surface area contributed by atoms with Gasteiger partial charge in [-0.3, -0.25) is 0 Å². The van der Waals surface area contributed by atoms with Crippen molar-refractivity contribution >= 4 is 42.4 Å². The number of nitrogen functional groups attached to an aromatic ring is 1. The zero-order valence-corrected chi connectivity index (χ0v) is 9.15. The van der Waals surface area contributed by atoms with Crippen molar-refractivity contribution in [1.29, 1.82) is 0 Å². The van der Waals surface area contributed by atoms with E-state index in [2.05, 4.69) is 15.9 Å². The Balaban J connectivity index is 2.72. The summed E-state index contributed by atoms with van der Waals surface area (Å²) in [5.41, 5.74) is 6.57. The van der Waals surface area contributed by atoms with Crippen LogP contribution in [0.2, 0.25) is 0 Å². The highest BCUT2D eigenvalue weighted by atomic mass is 79.9. The van der Waals surface area contributed by atoms with E-state index in [0.29, 0.717) is 0 Å². The van der Waals surface area contributed by atoms with Crippen molar-refractivity contribution < 1.29 is 5.11 Å². The number of halogens is 1. The van der Waals surface area contributed by atoms with Gasteiger partial charge >= 0.3 is 0 Å². The van der Waals surface area contributed by atoms with Crippen LogP contribution in [0.1, 0.15) is 5.56 Å². The first-order chi connectivity index (χ1) is 6.20. The lowest BCUT2D eigenvalue weighted by atomic mass is 10.2. The van der Waals surface area contributed by atoms with Crippen LogP contribution in [0.25, 0.3) is 10.1 Å². The number of thiophene rings is 1. The minimum absolute atomic E-state index is 0.0479. The highest BCUT2D eigenvalue weighted by Crippen LogP contribution is 2.32. The van der Waals surface area contributed by atoms with E-state index in [9.17, 15) is 0 Å². The van der Waals surface area contributed by atoms with Gasteiger partial charge in [0, 0.05) is 9.17 Å². The number of aliphatic hydroxyl groups excluding tert-OH is 1. The van der Waals surface area contributed by atoms with Crippen LogP contribution in [-0.4, -0.2) is 5.11 Å². The Hall–Kier alpha value is -0.580. The van der Waals surface area contributed by atoms with Crippen LogP contribution < -0.4 is 5.73 Å². The molecule has 2 nitrogen and oxygen atoms in total. The van der Waals surface area contributed by atoms with Crippen LogP contribution in [0.4, 0.5) is 5.00 Å². The van der Waals surface area contributed by atoms with E-state index in [4.69, 9.17) is 10.8 Å². The van der Waals surface area contributed by atoms with Gasteiger partial charge in [0.25, 0.3) is 0 Å². The molecule has 0 unspecified atom stereocenters. The van der Waals surface area contributed by atoms with Crippen molar-refractivity contribution in [3.63, 3.8) is 0 Å². The normalized spacial score (nSPS) is 10.9. The molecule has 2 aromatic rings. The van der Waals surface area contributed by atoms with Gasteiger partial charge in [0.1, 0.15) is 0 Å². The summed E-state index contributed by atoms with van der Waals surface area (Å²) in [4.78, 5) is 0. The second-order valence-electron chi connectivity index (χ2n) is 2.79. The standard InChI is InChI=1S/C9H8BrNOS/c10-7-3-8-5(1-6(7)4-12)2-9(11)13-8/h1-3,12H,4,11H2. The number of hydrogen-bond donors (Lipinski definition) is 2. The molecule has 0 saturated carbocycles. The van der Waals surface area contributed by atoms with E-state index in [0.717, 1.165) is 25.1 Å². The molecule has 0 aliphatic heterocycles. The third-order valence-corrected chi connectivity index (χ3v) is 3.54. The van der Waals surface area contributed by atoms with Crippen molar-refractivity contribution in [2.24, 2.45) is 0 Å². The number of nitrogens with two attached hydrogens (primary N) is 1. The molecule has 0 amide bonds. The lowest BCUT2D eigenvalue weighted by molar-refractivity contribution is 0.281. The van der Waals surface area contributed by atoms with Gasteiger partial charge in [-0.1, -0.05) is 15.9 Å². The molecule has 0 fully saturated rings. The average Bonchev–Trinajstić information content (AvgIpc) is 2.42. The molecule has 13 heavy (non-hydrogen) atoms. The molecule has 4 heteroatoms. The summed E-state index contributed by atoms with van der Waals surface area (Å²) in [6.45, 7) is 0.0479. The molecule has 0 aliphatic rings. The van der Waals surface area contributed by atoms with E-state index in [1.54, 1.807) is 11.3 Å². The number of hydrogen-bond acceptors (Lipinski definition) is 3. The van der Waals surface area contributed by atoms with E-state index >= 15 is 0 Å². The lowest BCUT2D eigenvalue weighted by Crippen LogP contribution is -1.83. The molecule has 0 bridgehead atoms. The van der Waals surface area contributed by atoms with Gasteiger partial charge < -0.3 is 10.8 Å². The Morgan fingerprint density at radius 1 is 1.38 bits per heavy atom. The number of fused-ring (bicyclic) bond motifs is 1. The van der Waals surface area contributed by atoms with E-state index < -0.39 is 0 Å². The van der Waals surface area contributed by atoms with Gasteiger partial charge in [0.05, 0.1) is 11.6 Å². The average molecular weight is 258 g/mol. The summed E-state index contributed by atoms with van der Waals surface area (Å²) < 4.78 is 2.07. The van der Waals surface area contributed by atoms with E-state index in [-0.39, 0.29) is 6.61 Å². The van der Waals surface area contributed by atoms with Gasteiger partial charge in [0.2, 0.25) is 0 Å². The molecule has 1 aromatic heterocycles. The molecule has 0 radical (unpaired) electrons. The summed E-state index contributed by atoms with van der Waals surface area (Å²) >= 11 is 4.94. The third kappa shape index (κ3) is 1.57. The highest BCUT2D eigenvalue weighted by Gasteiger charge is 2.04. The van der Waals surface area contributed by atoms with Crippen LogP contribution in [0.3, 0.4) is 0 Å². The number of anilines is 1. The molecular formula is C9H8BrNOS. The molecule has 2 rings (SSSR count). The van der Waals surface area contributed by atoms with Crippen LogP contribution in [-0.2, 0) is 6.61 Å². The first kappa shape index (κ1) is 8.99. The number of benzene rings is 1. The first-order valence-corrected chi connectivity index (χ1v) is 5.40. The Morgan fingerprint density at radius 2 is 2.15 bits per heavy atom. The zero-order valence-electron chi connectivity index (χ0n) is 6.75. The highest BCUT2D eigenvalue weighted by molar-refractivity contribution is 9.10. The molecule has 3 N–H and O–H groups in total. The summed E-state index contributed by atoms with van der Waals surface area (Å²) in [7, 11) is 0. The Bertz CT molecular complexity index is 452. The van der Waals surface area contributed by atoms with Crippen LogP contribution in [0.15, 0.2) is 22.7 Å². The lowest BCUT2D eigenvalue weighted by Gasteiger charge is -1.99. The summed E-state index contributed by atoms with van der Waals surface area (Å²) in [6.07, 6.45) is 0. The van der Waals surface area contributed by atoms with Crippen molar-refractivity contribution in [3.05, 3.63) is 28.2 Å². The molecule has 1 heterocycles. The van der Waals surface area contributed by atoms with Crippen molar-refractivity contribution in [1.82, 2.24) is 0 Å². The molecule has 0 saturated heterocycles. The zero-order chi connectivity index (χ0) is 9.42. The maximum absolute atomic E-state index is 9.03. The smallest absolute Gasteiger partial charge is 0.0868 e. The maximum Gasteiger partial charge on any atom is 0.0868 e. The van der Waals surface area contributed by atoms with E-state index in [1.165, 1.54) is 0 Å². The predicted octanol–water partition coefficient (Wildman–Crippen LogP) is 2.74. The molecule has 0 atom stereocenters. The second-order valence-corrected chi connectivity index (χ2v) is 4.76. The summed E-state index contributed by atoms with van der Waals surface area (Å²) in [5.74, 6) is 0. The molecule has 0 spiro atoms. The summed E-state index contributed by atoms with van der Waals surface area (Å²) in [5, 5.41) is 10.9. The minimum atomic E-state index is 0.0479. The van der Waals surface area contributed by atoms with Gasteiger partial charge in [0.15, 0.2) is 0 Å². The largest absolute Gasteiger partial charge is 0.392 e. The van der Waals surface area contributed by atoms with Crippen molar-refractivity contribution in [3.8, 4) is 0 Å². The first-order valence-electron chi connectivity index (χ1n) is 3.79. The van der Waals surface area contributed by atoms with Gasteiger partial charge in [-0.15, -0.1) is 11.3 Å². The van der Waals surface area contributed by atoms with Crippen molar-refractivity contribution in [2.45, 2.75) is 6.61 Å². The predicted molar refractivity (Wildman–Crippen MR) is 59.9 cm³/mol. The monoisotopic (exact) mass is 257 g/mol. The van der Waals surface area contributed by atoms with E-state index in [1.807, 2.05) is 18.2 Å². The fourth-order valence-corrected chi connectivity index (χ4v) is 2.72. The number of rotatable bonds is 1. The van der Waals surface area contributed by atoms with Crippen LogP contribution in [0.5, 0.6) is 0 Å². The Kier molecular flexibility index (Phi) is 2.27. The number of aliphatic hydroxyl groups is 1.